The van der Waals surface area contributed by atoms with Crippen LogP contribution in [0, 0.1) is 0 Å². The van der Waals surface area contributed by atoms with Gasteiger partial charge in [-0.15, -0.1) is 0 Å². The maximum Gasteiger partial charge on any atom is 0 e. The van der Waals surface area contributed by atoms with Gasteiger partial charge in [-0.05, 0) is 0 Å². The summed E-state index contributed by atoms with van der Waals surface area (Å²) in [4.78, 5) is 0. The molecule has 0 aromatic rings. The fraction of sp³-hybridized carbons (Fsp3) is 0. The van der Waals surface area contributed by atoms with Gasteiger partial charge in [0.05, 0.1) is 0 Å². The van der Waals surface area contributed by atoms with Crippen LogP contribution in [0.2, 0.25) is 0 Å². The average Bonchev–Trinajstić information content (AvgIpc) is 0. The minimum atomic E-state index is 0. The number of hydrogen-bond donors (Lipinski definition) is 0. The van der Waals surface area contributed by atoms with Gasteiger partial charge in [0.1, 0.15) is 0 Å². The monoisotopic (exact) mass is 684 g/mol. The molecule has 0 aromatic heterocycles. The second-order valence-corrected chi connectivity index (χ2v) is 0. The van der Waals surface area contributed by atoms with E-state index in [4.69, 9.17) is 0 Å². The van der Waals surface area contributed by atoms with E-state index in [-0.39, 0.29) is 126 Å². The summed E-state index contributed by atoms with van der Waals surface area (Å²) in [5.41, 5.74) is 0. The van der Waals surface area contributed by atoms with Gasteiger partial charge < -0.3 is 0 Å². The van der Waals surface area contributed by atoms with E-state index < -0.39 is 0 Å². The first-order valence-corrected chi connectivity index (χ1v) is 0. The van der Waals surface area contributed by atoms with Crippen LogP contribution in [-0.4, -0.2) is 77.9 Å². The summed E-state index contributed by atoms with van der Waals surface area (Å²) < 4.78 is 0. The van der Waals surface area contributed by atoms with E-state index in [9.17, 15) is 0 Å². The van der Waals surface area contributed by atoms with Crippen LogP contribution < -0.4 is 0 Å². The van der Waals surface area contributed by atoms with Crippen molar-refractivity contribution in [3.8, 4) is 0 Å². The Bertz CT molecular complexity index is 11.6. The second kappa shape index (κ2) is 24.0. The zero-order chi connectivity index (χ0) is 0. The van der Waals surface area contributed by atoms with E-state index >= 15 is 0 Å². The topological polar surface area (TPSA) is 0 Å². The Hall–Kier alpha value is 4.23. The van der Waals surface area contributed by atoms with Crippen molar-refractivity contribution in [1.29, 1.82) is 0 Å². The zero-order valence-corrected chi connectivity index (χ0v) is 22.2. The molecule has 0 atom stereocenters. The Balaban J connectivity index is 0. The van der Waals surface area contributed by atoms with Crippen molar-refractivity contribution in [3.63, 3.8) is 0 Å². The van der Waals surface area contributed by atoms with Gasteiger partial charge in [-0.3, -0.25) is 0 Å². The van der Waals surface area contributed by atoms with Gasteiger partial charge in [-0.1, -0.05) is 0 Å². The van der Waals surface area contributed by atoms with Crippen molar-refractivity contribution >= 4 is 77.9 Å². The van der Waals surface area contributed by atoms with Crippen LogP contribution in [0.5, 0.6) is 0 Å². The molecular weight excluding hydrogens is 676 g/mol. The Kier molecular flexibility index (Phi) is 168. The van der Waals surface area contributed by atoms with Gasteiger partial charge in [0.15, 0.2) is 0 Å². The van der Waals surface area contributed by atoms with Crippen molar-refractivity contribution in [1.82, 2.24) is 0 Å². The van der Waals surface area contributed by atoms with Crippen molar-refractivity contribution in [2.45, 2.75) is 0 Å². The molecule has 0 aliphatic heterocycles. The summed E-state index contributed by atoms with van der Waals surface area (Å²) >= 11 is 0. The molecule has 0 unspecified atom stereocenters. The van der Waals surface area contributed by atoms with Crippen LogP contribution in [0.3, 0.4) is 0 Å². The molecule has 0 aromatic carbocycles. The van der Waals surface area contributed by atoms with Crippen molar-refractivity contribution in [3.05, 3.63) is 0 Å². The predicted octanol–water partition coefficient (Wildman–Crippen LogP) is -3.29. The minimum Gasteiger partial charge on any atom is 0 e. The molecule has 0 saturated carbocycles. The molecule has 0 nitrogen and oxygen atoms in total. The summed E-state index contributed by atoms with van der Waals surface area (Å²) in [7, 11) is 0. The normalized spacial score (nSPS) is 0. The van der Waals surface area contributed by atoms with E-state index in [0.717, 1.165) is 0 Å². The summed E-state index contributed by atoms with van der Waals surface area (Å²) in [5, 5.41) is 0. The fourth-order valence-corrected chi connectivity index (χ4v) is 0. The predicted molar refractivity (Wildman–Crippen MR) is 28.4 cm³/mol. The molecule has 4 radical (unpaired) electrons. The molecule has 0 saturated heterocycles. The maximum absolute atomic E-state index is 0. The fourth-order valence-electron chi connectivity index (χ4n) is 0. The summed E-state index contributed by atoms with van der Waals surface area (Å²) in [6.07, 6.45) is 0. The Morgan fingerprint density at radius 1 is 1.00 bits per heavy atom. The molecular formula is H8BiNbPbSbSc. The van der Waals surface area contributed by atoms with Crippen LogP contribution in [0.25, 0.3) is 0 Å². The molecule has 0 bridgehead atoms. The van der Waals surface area contributed by atoms with Gasteiger partial charge in [-0.2, -0.15) is 0 Å². The van der Waals surface area contributed by atoms with Crippen LogP contribution in [0.4, 0.5) is 0 Å². The molecule has 0 N–H and O–H groups in total. The Labute approximate surface area is 123 Å². The molecule has 5 heteroatoms. The van der Waals surface area contributed by atoms with Gasteiger partial charge in [0.25, 0.3) is 0 Å². The minimum absolute atomic E-state index is 0. The summed E-state index contributed by atoms with van der Waals surface area (Å²) in [5.74, 6) is 0. The second-order valence-electron chi connectivity index (χ2n) is 0. The van der Waals surface area contributed by atoms with Gasteiger partial charge >= 0.3 is 77.9 Å². The molecule has 30 valence electrons. The molecule has 0 aliphatic rings. The molecule has 0 spiro atoms. The third-order valence-corrected chi connectivity index (χ3v) is 0. The molecule has 0 fully saturated rings. The first kappa shape index (κ1) is 34.9. The third kappa shape index (κ3) is 17.9. The molecule has 0 rings (SSSR count). The van der Waals surface area contributed by atoms with E-state index in [2.05, 4.69) is 0 Å². The van der Waals surface area contributed by atoms with Crippen molar-refractivity contribution in [2.75, 3.05) is 0 Å². The quantitative estimate of drug-likeness (QED) is 0.235. The van der Waals surface area contributed by atoms with E-state index in [0.29, 0.717) is 0 Å². The first-order chi connectivity index (χ1) is 0. The van der Waals surface area contributed by atoms with E-state index in [1.165, 1.54) is 0 Å². The van der Waals surface area contributed by atoms with Gasteiger partial charge in [-0.25, -0.2) is 0 Å². The number of hydrogen-bond acceptors (Lipinski definition) is 0. The SMILES string of the molecule is [BiH3].[Nb].[PbH2].[SbH3].[Sc]. The molecule has 0 heterocycles. The Morgan fingerprint density at radius 3 is 1.00 bits per heavy atom. The summed E-state index contributed by atoms with van der Waals surface area (Å²) in [6.45, 7) is 0. The van der Waals surface area contributed by atoms with Crippen molar-refractivity contribution in [2.24, 2.45) is 0 Å². The summed E-state index contributed by atoms with van der Waals surface area (Å²) in [6, 6.07) is 0. The largest absolute Gasteiger partial charge is 0 e. The Morgan fingerprint density at radius 2 is 1.00 bits per heavy atom. The molecule has 0 aliphatic carbocycles. The first-order valence-electron chi connectivity index (χ1n) is 0. The zero-order valence-electron chi connectivity index (χ0n) is 3.15. The average molecular weight is 684 g/mol. The maximum atomic E-state index is 0. The van der Waals surface area contributed by atoms with E-state index in [1.807, 2.05) is 0 Å². The van der Waals surface area contributed by atoms with Crippen molar-refractivity contribution < 1.29 is 48.2 Å². The van der Waals surface area contributed by atoms with Gasteiger partial charge in [0, 0.05) is 48.2 Å². The van der Waals surface area contributed by atoms with Crippen LogP contribution in [0.15, 0.2) is 0 Å². The molecule has 0 amide bonds. The van der Waals surface area contributed by atoms with Crippen LogP contribution in [-0.2, 0) is 48.2 Å². The van der Waals surface area contributed by atoms with Crippen LogP contribution in [0.1, 0.15) is 0 Å². The van der Waals surface area contributed by atoms with Gasteiger partial charge in [0.2, 0.25) is 0 Å². The van der Waals surface area contributed by atoms with E-state index in [1.54, 1.807) is 0 Å². The van der Waals surface area contributed by atoms with Crippen LogP contribution >= 0.6 is 0 Å². The smallest absolute Gasteiger partial charge is 0 e. The standard InChI is InChI=1S/Bi.Nb.Pb.Sb.Sc.8H. The third-order valence-electron chi connectivity index (χ3n) is 0. The molecule has 5 heavy (non-hydrogen) atoms. The number of rotatable bonds is 0.